The lowest BCUT2D eigenvalue weighted by Crippen LogP contribution is -2.46. The maximum Gasteiger partial charge on any atom is 0.223 e. The molecule has 7 nitrogen and oxygen atoms in total. The van der Waals surface area contributed by atoms with Crippen LogP contribution in [0.3, 0.4) is 0 Å². The predicted octanol–water partition coefficient (Wildman–Crippen LogP) is 4.51. The van der Waals surface area contributed by atoms with Gasteiger partial charge in [-0.15, -0.1) is 0 Å². The van der Waals surface area contributed by atoms with Crippen molar-refractivity contribution < 1.29 is 24.1 Å². The van der Waals surface area contributed by atoms with Crippen LogP contribution in [-0.4, -0.2) is 62.7 Å². The van der Waals surface area contributed by atoms with Crippen LogP contribution in [0.4, 0.5) is 0 Å². The molecule has 1 amide bonds. The van der Waals surface area contributed by atoms with E-state index in [-0.39, 0.29) is 29.8 Å². The van der Waals surface area contributed by atoms with Gasteiger partial charge in [0.25, 0.3) is 0 Å². The van der Waals surface area contributed by atoms with E-state index >= 15 is 0 Å². The normalized spacial score (nSPS) is 17.8. The highest BCUT2D eigenvalue weighted by Gasteiger charge is 2.31. The Morgan fingerprint density at radius 2 is 1.84 bits per heavy atom. The first-order valence-electron chi connectivity index (χ1n) is 14.7. The second-order valence-corrected chi connectivity index (χ2v) is 11.6. The fraction of sp³-hybridized carbons (Fsp3) is 0.774. The number of aliphatic hydroxyl groups excluding tert-OH is 1. The Labute approximate surface area is 231 Å². The molecule has 1 saturated heterocycles. The second-order valence-electron chi connectivity index (χ2n) is 11.6. The highest BCUT2D eigenvalue weighted by atomic mass is 16.5. The summed E-state index contributed by atoms with van der Waals surface area (Å²) in [6.07, 6.45) is 4.68. The van der Waals surface area contributed by atoms with Crippen molar-refractivity contribution >= 4 is 5.91 Å². The maximum atomic E-state index is 13.1. The molecule has 4 atom stereocenters. The molecule has 1 aromatic rings. The average Bonchev–Trinajstić information content (AvgIpc) is 2.89. The molecule has 38 heavy (non-hydrogen) atoms. The Morgan fingerprint density at radius 1 is 1.13 bits per heavy atom. The van der Waals surface area contributed by atoms with Crippen LogP contribution in [0.15, 0.2) is 18.2 Å². The fourth-order valence-electron chi connectivity index (χ4n) is 5.21. The van der Waals surface area contributed by atoms with E-state index in [9.17, 15) is 9.90 Å². The average molecular weight is 535 g/mol. The van der Waals surface area contributed by atoms with E-state index in [0.29, 0.717) is 51.1 Å². The van der Waals surface area contributed by atoms with Gasteiger partial charge in [-0.3, -0.25) is 4.79 Å². The Bertz CT molecular complexity index is 809. The molecule has 2 rings (SSSR count). The molecule has 0 radical (unpaired) electrons. The summed E-state index contributed by atoms with van der Waals surface area (Å²) in [6.45, 7) is 13.3. The number of carbonyl (C=O) groups excluding carboxylic acids is 1. The Balaban J connectivity index is 2.00. The van der Waals surface area contributed by atoms with E-state index < -0.39 is 6.10 Å². The molecule has 1 fully saturated rings. The molecular formula is C31H54N2O5. The molecule has 2 unspecified atom stereocenters. The summed E-state index contributed by atoms with van der Waals surface area (Å²) >= 11 is 0. The topological polar surface area (TPSA) is 103 Å². The molecule has 218 valence electrons. The SMILES string of the molecule is CCc1ccc(CC(C[C@H](N)C(O)C[C@H](C(=O)NC2CCOCC2)C(C)C)C(C)C)cc1OCCCOC. The van der Waals surface area contributed by atoms with Gasteiger partial charge < -0.3 is 30.4 Å². The van der Waals surface area contributed by atoms with Crippen molar-refractivity contribution in [1.82, 2.24) is 5.32 Å². The molecular weight excluding hydrogens is 480 g/mol. The number of ether oxygens (including phenoxy) is 3. The maximum absolute atomic E-state index is 13.1. The molecule has 0 aromatic heterocycles. The molecule has 0 bridgehead atoms. The molecule has 1 heterocycles. The summed E-state index contributed by atoms with van der Waals surface area (Å²) in [5, 5.41) is 14.3. The van der Waals surface area contributed by atoms with Crippen molar-refractivity contribution in [3.63, 3.8) is 0 Å². The van der Waals surface area contributed by atoms with Gasteiger partial charge in [-0.1, -0.05) is 46.8 Å². The highest BCUT2D eigenvalue weighted by molar-refractivity contribution is 5.79. The van der Waals surface area contributed by atoms with Crippen LogP contribution < -0.4 is 15.8 Å². The number of nitrogens with two attached hydrogens (primary N) is 1. The highest BCUT2D eigenvalue weighted by Crippen LogP contribution is 2.29. The molecule has 1 aromatic carbocycles. The quantitative estimate of drug-likeness (QED) is 0.254. The number of methoxy groups -OCH3 is 1. The van der Waals surface area contributed by atoms with Gasteiger partial charge >= 0.3 is 0 Å². The van der Waals surface area contributed by atoms with Gasteiger partial charge in [-0.2, -0.15) is 0 Å². The summed E-state index contributed by atoms with van der Waals surface area (Å²) in [5.74, 6) is 1.54. The lowest BCUT2D eigenvalue weighted by atomic mass is 9.80. The van der Waals surface area contributed by atoms with Gasteiger partial charge in [0, 0.05) is 51.4 Å². The van der Waals surface area contributed by atoms with Gasteiger partial charge in [0.05, 0.1) is 12.7 Å². The third kappa shape index (κ3) is 10.8. The van der Waals surface area contributed by atoms with Crippen molar-refractivity contribution in [2.24, 2.45) is 29.4 Å². The van der Waals surface area contributed by atoms with Gasteiger partial charge in [0.2, 0.25) is 5.91 Å². The summed E-state index contributed by atoms with van der Waals surface area (Å²) < 4.78 is 16.6. The number of carbonyl (C=O) groups is 1. The van der Waals surface area contributed by atoms with Crippen LogP contribution in [0.1, 0.15) is 77.8 Å². The van der Waals surface area contributed by atoms with E-state index in [4.69, 9.17) is 19.9 Å². The number of aliphatic hydroxyl groups is 1. The minimum absolute atomic E-state index is 0.0209. The zero-order valence-electron chi connectivity index (χ0n) is 24.7. The largest absolute Gasteiger partial charge is 0.493 e. The Morgan fingerprint density at radius 3 is 2.45 bits per heavy atom. The molecule has 0 aliphatic carbocycles. The first-order chi connectivity index (χ1) is 18.2. The standard InChI is InChI=1S/C31H54N2O5/c1-7-24-10-9-23(18-30(24)38-14-8-13-36-6)17-25(21(2)3)19-28(32)29(34)20-27(22(4)5)31(35)33-26-11-15-37-16-12-26/h9-10,18,21-22,25-29,34H,7-8,11-17,19-20,32H2,1-6H3,(H,33,35)/t25?,27-,28-,29?/m0/s1. The molecule has 0 saturated carbocycles. The summed E-state index contributed by atoms with van der Waals surface area (Å²) in [7, 11) is 1.71. The van der Waals surface area contributed by atoms with Gasteiger partial charge in [-0.05, 0) is 73.5 Å². The van der Waals surface area contributed by atoms with Crippen molar-refractivity contribution in [1.29, 1.82) is 0 Å². The van der Waals surface area contributed by atoms with Crippen LogP contribution in [0.2, 0.25) is 0 Å². The molecule has 7 heteroatoms. The summed E-state index contributed by atoms with van der Waals surface area (Å²) in [6, 6.07) is 6.28. The number of amides is 1. The third-order valence-electron chi connectivity index (χ3n) is 7.98. The smallest absolute Gasteiger partial charge is 0.223 e. The van der Waals surface area contributed by atoms with Gasteiger partial charge in [0.1, 0.15) is 5.75 Å². The van der Waals surface area contributed by atoms with Crippen molar-refractivity contribution in [3.05, 3.63) is 29.3 Å². The van der Waals surface area contributed by atoms with E-state index in [0.717, 1.165) is 37.9 Å². The zero-order valence-corrected chi connectivity index (χ0v) is 24.7. The van der Waals surface area contributed by atoms with Crippen LogP contribution >= 0.6 is 0 Å². The fourth-order valence-corrected chi connectivity index (χ4v) is 5.21. The number of nitrogens with one attached hydrogen (secondary N) is 1. The van der Waals surface area contributed by atoms with Gasteiger partial charge in [-0.25, -0.2) is 0 Å². The zero-order chi connectivity index (χ0) is 28.1. The van der Waals surface area contributed by atoms with Crippen LogP contribution in [-0.2, 0) is 27.1 Å². The summed E-state index contributed by atoms with van der Waals surface area (Å²) in [5.41, 5.74) is 9.01. The molecule has 1 aliphatic heterocycles. The minimum Gasteiger partial charge on any atom is -0.493 e. The predicted molar refractivity (Wildman–Crippen MR) is 153 cm³/mol. The summed E-state index contributed by atoms with van der Waals surface area (Å²) in [4.78, 5) is 13.1. The number of rotatable bonds is 17. The lowest BCUT2D eigenvalue weighted by molar-refractivity contribution is -0.129. The van der Waals surface area contributed by atoms with E-state index in [2.05, 4.69) is 44.3 Å². The van der Waals surface area contributed by atoms with Crippen molar-refractivity contribution in [3.8, 4) is 5.75 Å². The third-order valence-corrected chi connectivity index (χ3v) is 7.98. The van der Waals surface area contributed by atoms with Crippen molar-refractivity contribution in [2.75, 3.05) is 33.5 Å². The Hall–Kier alpha value is -1.67. The van der Waals surface area contributed by atoms with E-state index in [1.165, 1.54) is 11.1 Å². The van der Waals surface area contributed by atoms with Crippen LogP contribution in [0.5, 0.6) is 5.75 Å². The first kappa shape index (κ1) is 32.5. The molecule has 1 aliphatic rings. The molecule has 0 spiro atoms. The van der Waals surface area contributed by atoms with Crippen LogP contribution in [0.25, 0.3) is 0 Å². The minimum atomic E-state index is -0.730. The first-order valence-corrected chi connectivity index (χ1v) is 14.7. The van der Waals surface area contributed by atoms with E-state index in [1.54, 1.807) is 7.11 Å². The lowest BCUT2D eigenvalue weighted by Gasteiger charge is -2.31. The Kier molecular flexibility index (Phi) is 14.7. The molecule has 4 N–H and O–H groups in total. The second kappa shape index (κ2) is 17.1. The number of hydrogen-bond acceptors (Lipinski definition) is 6. The monoisotopic (exact) mass is 534 g/mol. The number of hydrogen-bond donors (Lipinski definition) is 3. The van der Waals surface area contributed by atoms with Gasteiger partial charge in [0.15, 0.2) is 0 Å². The number of aryl methyl sites for hydroxylation is 1. The number of benzene rings is 1. The van der Waals surface area contributed by atoms with Crippen molar-refractivity contribution in [2.45, 2.75) is 97.8 Å². The van der Waals surface area contributed by atoms with E-state index in [1.807, 2.05) is 13.8 Å². The van der Waals surface area contributed by atoms with Crippen LogP contribution in [0, 0.1) is 23.7 Å².